The van der Waals surface area contributed by atoms with Gasteiger partial charge in [0.2, 0.25) is 0 Å². The molecule has 0 aliphatic carbocycles. The third-order valence-electron chi connectivity index (χ3n) is 5.22. The maximum atomic E-state index is 12.8. The Morgan fingerprint density at radius 2 is 2.22 bits per heavy atom. The fourth-order valence-corrected chi connectivity index (χ4v) is 4.94. The van der Waals surface area contributed by atoms with Gasteiger partial charge in [-0.25, -0.2) is 0 Å². The lowest BCUT2D eigenvalue weighted by Crippen LogP contribution is -2.52. The number of hydrogen-bond donors (Lipinski definition) is 1. The second kappa shape index (κ2) is 6.24. The van der Waals surface area contributed by atoms with E-state index in [4.69, 9.17) is 0 Å². The van der Waals surface area contributed by atoms with Crippen molar-refractivity contribution in [2.45, 2.75) is 26.2 Å². The van der Waals surface area contributed by atoms with E-state index in [1.165, 1.54) is 4.88 Å². The first-order valence-electron chi connectivity index (χ1n) is 8.25. The van der Waals surface area contributed by atoms with Gasteiger partial charge >= 0.3 is 5.97 Å². The molecule has 0 unspecified atom stereocenters. The molecule has 2 aliphatic rings. The molecule has 2 saturated heterocycles. The van der Waals surface area contributed by atoms with E-state index in [9.17, 15) is 14.7 Å². The summed E-state index contributed by atoms with van der Waals surface area (Å²) in [7, 11) is 1.96. The Kier molecular flexibility index (Phi) is 4.47. The van der Waals surface area contributed by atoms with E-state index in [0.29, 0.717) is 25.2 Å². The van der Waals surface area contributed by atoms with Crippen molar-refractivity contribution >= 4 is 23.2 Å². The van der Waals surface area contributed by atoms with Gasteiger partial charge < -0.3 is 14.9 Å². The molecular weight excluding hydrogens is 312 g/mol. The third-order valence-corrected chi connectivity index (χ3v) is 6.21. The molecule has 1 aromatic rings. The van der Waals surface area contributed by atoms with Crippen molar-refractivity contribution in [3.63, 3.8) is 0 Å². The average Bonchev–Trinajstić information content (AvgIpc) is 3.11. The van der Waals surface area contributed by atoms with Crippen molar-refractivity contribution in [1.29, 1.82) is 0 Å². The van der Waals surface area contributed by atoms with Crippen molar-refractivity contribution in [3.8, 4) is 0 Å². The number of carbonyl (C=O) groups excluding carboxylic acids is 1. The number of fused-ring (bicyclic) bond motifs is 1. The van der Waals surface area contributed by atoms with Gasteiger partial charge in [-0.1, -0.05) is 13.3 Å². The lowest BCUT2D eigenvalue weighted by atomic mass is 9.73. The predicted molar refractivity (Wildman–Crippen MR) is 89.9 cm³/mol. The van der Waals surface area contributed by atoms with Crippen LogP contribution in [0.25, 0.3) is 0 Å². The number of thiophene rings is 1. The van der Waals surface area contributed by atoms with Crippen LogP contribution in [0.5, 0.6) is 0 Å². The molecule has 0 spiro atoms. The Morgan fingerprint density at radius 1 is 1.43 bits per heavy atom. The number of piperidine rings is 1. The fraction of sp³-hybridized carbons (Fsp3) is 0.647. The quantitative estimate of drug-likeness (QED) is 0.915. The molecule has 1 amide bonds. The SMILES string of the molecule is CCCc1cc(C(=O)N2C[C@H]3CCN(C)C[C@@]3(C(=O)O)C2)cs1. The van der Waals surface area contributed by atoms with Gasteiger partial charge in [-0.3, -0.25) is 9.59 Å². The summed E-state index contributed by atoms with van der Waals surface area (Å²) in [4.78, 5) is 29.8. The molecule has 1 aromatic heterocycles. The molecule has 0 saturated carbocycles. The first-order valence-corrected chi connectivity index (χ1v) is 9.13. The number of aliphatic carboxylic acids is 1. The van der Waals surface area contributed by atoms with E-state index in [0.717, 1.165) is 25.8 Å². The monoisotopic (exact) mass is 336 g/mol. The standard InChI is InChI=1S/C17H24N2O3S/c1-3-4-14-7-12(9-23-14)15(20)19-8-13-5-6-18(2)10-17(13,11-19)16(21)22/h7,9,13H,3-6,8,10-11H2,1-2H3,(H,21,22)/t13-,17-/m1/s1. The molecule has 2 atom stereocenters. The van der Waals surface area contributed by atoms with Crippen molar-refractivity contribution < 1.29 is 14.7 Å². The zero-order valence-corrected chi connectivity index (χ0v) is 14.6. The Labute approximate surface area is 140 Å². The van der Waals surface area contributed by atoms with Crippen molar-refractivity contribution in [2.24, 2.45) is 11.3 Å². The predicted octanol–water partition coefficient (Wildman–Crippen LogP) is 2.18. The summed E-state index contributed by atoms with van der Waals surface area (Å²) in [6.07, 6.45) is 2.90. The normalized spacial score (nSPS) is 27.9. The number of carboxylic acid groups (broad SMARTS) is 1. The highest BCUT2D eigenvalue weighted by molar-refractivity contribution is 7.10. The zero-order chi connectivity index (χ0) is 16.6. The van der Waals surface area contributed by atoms with Crippen LogP contribution in [0.1, 0.15) is 35.0 Å². The summed E-state index contributed by atoms with van der Waals surface area (Å²) in [5.41, 5.74) is -0.0868. The van der Waals surface area contributed by atoms with Crippen LogP contribution in [0.2, 0.25) is 0 Å². The molecule has 1 N–H and O–H groups in total. The van der Waals surface area contributed by atoms with Gasteiger partial charge in [0.25, 0.3) is 5.91 Å². The molecular formula is C17H24N2O3S. The summed E-state index contributed by atoms with van der Waals surface area (Å²) in [6, 6.07) is 1.97. The van der Waals surface area contributed by atoms with Crippen LogP contribution in [0, 0.1) is 11.3 Å². The highest BCUT2D eigenvalue weighted by Crippen LogP contribution is 2.42. The van der Waals surface area contributed by atoms with Gasteiger partial charge in [0.15, 0.2) is 0 Å². The van der Waals surface area contributed by atoms with Crippen LogP contribution in [0.4, 0.5) is 0 Å². The molecule has 5 nitrogen and oxygen atoms in total. The minimum atomic E-state index is -0.801. The van der Waals surface area contributed by atoms with Crippen LogP contribution in [0.3, 0.4) is 0 Å². The lowest BCUT2D eigenvalue weighted by Gasteiger charge is -2.39. The summed E-state index contributed by atoms with van der Waals surface area (Å²) in [5, 5.41) is 11.7. The molecule has 2 aliphatic heterocycles. The van der Waals surface area contributed by atoms with Gasteiger partial charge in [-0.15, -0.1) is 11.3 Å². The van der Waals surface area contributed by atoms with Gasteiger partial charge in [0.05, 0.1) is 5.56 Å². The molecule has 0 radical (unpaired) electrons. The molecule has 6 heteroatoms. The Morgan fingerprint density at radius 3 is 2.91 bits per heavy atom. The number of hydrogen-bond acceptors (Lipinski definition) is 4. The Bertz CT molecular complexity index is 615. The lowest BCUT2D eigenvalue weighted by molar-refractivity contribution is -0.153. The van der Waals surface area contributed by atoms with Gasteiger partial charge in [0, 0.05) is 29.9 Å². The highest BCUT2D eigenvalue weighted by atomic mass is 32.1. The zero-order valence-electron chi connectivity index (χ0n) is 13.7. The number of aryl methyl sites for hydroxylation is 1. The van der Waals surface area contributed by atoms with Crippen molar-refractivity contribution in [3.05, 3.63) is 21.9 Å². The molecule has 23 heavy (non-hydrogen) atoms. The second-order valence-corrected chi connectivity index (χ2v) is 7.92. The maximum Gasteiger partial charge on any atom is 0.313 e. The summed E-state index contributed by atoms with van der Waals surface area (Å²) >= 11 is 1.62. The minimum Gasteiger partial charge on any atom is -0.481 e. The number of carbonyl (C=O) groups is 2. The highest BCUT2D eigenvalue weighted by Gasteiger charge is 2.55. The molecule has 2 fully saturated rings. The van der Waals surface area contributed by atoms with E-state index >= 15 is 0 Å². The van der Waals surface area contributed by atoms with Crippen molar-refractivity contribution in [2.75, 3.05) is 33.2 Å². The van der Waals surface area contributed by atoms with E-state index in [1.807, 2.05) is 18.5 Å². The maximum absolute atomic E-state index is 12.8. The average molecular weight is 336 g/mol. The number of rotatable bonds is 4. The van der Waals surface area contributed by atoms with E-state index in [-0.39, 0.29) is 11.8 Å². The van der Waals surface area contributed by atoms with Gasteiger partial charge in [0.1, 0.15) is 5.41 Å². The van der Waals surface area contributed by atoms with Crippen LogP contribution >= 0.6 is 11.3 Å². The van der Waals surface area contributed by atoms with Gasteiger partial charge in [-0.05, 0) is 38.4 Å². The summed E-state index contributed by atoms with van der Waals surface area (Å²) in [6.45, 7) is 4.45. The van der Waals surface area contributed by atoms with Crippen LogP contribution in [-0.2, 0) is 11.2 Å². The van der Waals surface area contributed by atoms with E-state index < -0.39 is 11.4 Å². The first-order chi connectivity index (χ1) is 11.0. The summed E-state index contributed by atoms with van der Waals surface area (Å²) < 4.78 is 0. The molecule has 3 heterocycles. The first kappa shape index (κ1) is 16.5. The van der Waals surface area contributed by atoms with Crippen LogP contribution in [-0.4, -0.2) is 60.0 Å². The number of carboxylic acids is 1. The Balaban J connectivity index is 1.79. The minimum absolute atomic E-state index is 0.0127. The topological polar surface area (TPSA) is 60.9 Å². The molecule has 3 rings (SSSR count). The van der Waals surface area contributed by atoms with E-state index in [1.54, 1.807) is 16.2 Å². The van der Waals surface area contributed by atoms with Gasteiger partial charge in [-0.2, -0.15) is 0 Å². The Hall–Kier alpha value is -1.40. The second-order valence-electron chi connectivity index (χ2n) is 6.92. The smallest absolute Gasteiger partial charge is 0.313 e. The molecule has 0 bridgehead atoms. The number of nitrogens with zero attached hydrogens (tertiary/aromatic N) is 2. The molecule has 0 aromatic carbocycles. The third kappa shape index (κ3) is 2.90. The summed E-state index contributed by atoms with van der Waals surface area (Å²) in [5.74, 6) is -0.712. The fourth-order valence-electron chi connectivity index (χ4n) is 3.98. The van der Waals surface area contributed by atoms with Crippen LogP contribution in [0.15, 0.2) is 11.4 Å². The van der Waals surface area contributed by atoms with E-state index in [2.05, 4.69) is 11.8 Å². The largest absolute Gasteiger partial charge is 0.481 e. The van der Waals surface area contributed by atoms with Crippen molar-refractivity contribution in [1.82, 2.24) is 9.80 Å². The molecule has 126 valence electrons. The number of amides is 1. The number of likely N-dealkylation sites (tertiary alicyclic amines) is 2. The van der Waals surface area contributed by atoms with Crippen LogP contribution < -0.4 is 0 Å².